The topological polar surface area (TPSA) is 90.9 Å². The van der Waals surface area contributed by atoms with Crippen LogP contribution < -0.4 is 14.2 Å². The molecule has 0 saturated carbocycles. The highest BCUT2D eigenvalue weighted by atomic mass is 32.2. The predicted molar refractivity (Wildman–Crippen MR) is 132 cm³/mol. The fraction of sp³-hybridized carbons (Fsp3) is 0.500. The highest BCUT2D eigenvalue weighted by Gasteiger charge is 2.50. The Balaban J connectivity index is 2.05. The van der Waals surface area contributed by atoms with Gasteiger partial charge in [0.15, 0.2) is 11.5 Å². The Morgan fingerprint density at radius 1 is 1.08 bits per heavy atom. The Labute approximate surface area is 215 Å². The molecular weight excluding hydrogens is 511 g/mol. The van der Waals surface area contributed by atoms with Gasteiger partial charge >= 0.3 is 21.6 Å². The summed E-state index contributed by atoms with van der Waals surface area (Å²) >= 11 is 0. The summed E-state index contributed by atoms with van der Waals surface area (Å²) in [5.74, 6) is -2.07. The van der Waals surface area contributed by atoms with Gasteiger partial charge in [0.25, 0.3) is 0 Å². The number of alkyl halides is 3. The summed E-state index contributed by atoms with van der Waals surface area (Å²) in [5.41, 5.74) is -4.36. The molecule has 37 heavy (non-hydrogen) atoms. The Kier molecular flexibility index (Phi) is 9.83. The Morgan fingerprint density at radius 3 is 2.46 bits per heavy atom. The molecule has 2 atom stereocenters. The van der Waals surface area contributed by atoms with Crippen molar-refractivity contribution in [2.75, 3.05) is 13.2 Å². The van der Waals surface area contributed by atoms with E-state index < -0.39 is 33.3 Å². The fourth-order valence-corrected chi connectivity index (χ4v) is 4.70. The van der Waals surface area contributed by atoms with E-state index in [1.165, 1.54) is 6.07 Å². The van der Waals surface area contributed by atoms with Gasteiger partial charge in [-0.1, -0.05) is 56.7 Å². The van der Waals surface area contributed by atoms with Gasteiger partial charge in [0.2, 0.25) is 0 Å². The van der Waals surface area contributed by atoms with E-state index in [0.29, 0.717) is 24.9 Å². The number of rotatable bonds is 12. The summed E-state index contributed by atoms with van der Waals surface area (Å²) in [5, 5.41) is 3.32. The van der Waals surface area contributed by atoms with Gasteiger partial charge in [0, 0.05) is 11.6 Å². The van der Waals surface area contributed by atoms with Crippen molar-refractivity contribution >= 4 is 16.1 Å². The van der Waals surface area contributed by atoms with Crippen LogP contribution in [0, 0.1) is 0 Å². The number of nitrogens with one attached hydrogen (secondary N) is 1. The molecule has 0 amide bonds. The molecule has 0 fully saturated rings. The van der Waals surface area contributed by atoms with Crippen LogP contribution >= 0.6 is 0 Å². The third-order valence-electron chi connectivity index (χ3n) is 6.07. The van der Waals surface area contributed by atoms with Crippen molar-refractivity contribution in [1.82, 2.24) is 5.32 Å². The molecule has 0 heterocycles. The summed E-state index contributed by atoms with van der Waals surface area (Å²) in [6.07, 6.45) is 2.85. The van der Waals surface area contributed by atoms with Gasteiger partial charge < -0.3 is 19.0 Å². The van der Waals surface area contributed by atoms with Crippen molar-refractivity contribution in [3.63, 3.8) is 0 Å². The second kappa shape index (κ2) is 12.6. The zero-order valence-electron chi connectivity index (χ0n) is 20.8. The summed E-state index contributed by atoms with van der Waals surface area (Å²) in [6.45, 7) is 4.75. The average Bonchev–Trinajstić information content (AvgIpc) is 2.86. The number of fused-ring (bicyclic) bond motifs is 1. The molecule has 0 bridgehead atoms. The quantitative estimate of drug-likeness (QED) is 0.170. The number of esters is 1. The van der Waals surface area contributed by atoms with Crippen LogP contribution in [0.2, 0.25) is 0 Å². The summed E-state index contributed by atoms with van der Waals surface area (Å²) < 4.78 is 79.7. The Morgan fingerprint density at radius 2 is 1.81 bits per heavy atom. The molecule has 0 aromatic heterocycles. The Bertz CT molecular complexity index is 1150. The van der Waals surface area contributed by atoms with Crippen LogP contribution in [0.5, 0.6) is 11.5 Å². The minimum Gasteiger partial charge on any atom is -0.485 e. The van der Waals surface area contributed by atoms with Crippen molar-refractivity contribution < 1.29 is 40.0 Å². The van der Waals surface area contributed by atoms with E-state index in [1.807, 2.05) is 13.8 Å². The first kappa shape index (κ1) is 28.8. The fourth-order valence-electron chi connectivity index (χ4n) is 4.20. The highest BCUT2D eigenvalue weighted by Crippen LogP contribution is 2.44. The van der Waals surface area contributed by atoms with Crippen molar-refractivity contribution in [1.29, 1.82) is 0 Å². The summed E-state index contributed by atoms with van der Waals surface area (Å²) in [6, 6.07) is 11.5. The summed E-state index contributed by atoms with van der Waals surface area (Å²) in [7, 11) is -5.98. The van der Waals surface area contributed by atoms with E-state index >= 15 is 0 Å². The van der Waals surface area contributed by atoms with Crippen LogP contribution in [0.4, 0.5) is 13.2 Å². The standard InChI is InChI=1S/C26H32F3NO6S/c1-3-5-16-34-25(31)23-19-12-14-22(35-17-18-9-7-6-8-10-18)24(36-37(32,33)26(27,28)29)20(19)11-13-21(23)30-15-4-2/h6-10,12,14,21,23,30H,3-5,11,13,15-17H2,1-2H3. The number of hydrogen-bond donors (Lipinski definition) is 1. The average molecular weight is 544 g/mol. The lowest BCUT2D eigenvalue weighted by Gasteiger charge is -2.34. The molecule has 2 aromatic carbocycles. The van der Waals surface area contributed by atoms with E-state index in [0.717, 1.165) is 18.4 Å². The number of carbonyl (C=O) groups is 1. The van der Waals surface area contributed by atoms with Gasteiger partial charge in [-0.05, 0) is 49.4 Å². The largest absolute Gasteiger partial charge is 0.534 e. The normalized spacial score (nSPS) is 17.6. The second-order valence-electron chi connectivity index (χ2n) is 8.82. The molecule has 0 radical (unpaired) electrons. The van der Waals surface area contributed by atoms with Crippen LogP contribution in [-0.4, -0.2) is 39.1 Å². The predicted octanol–water partition coefficient (Wildman–Crippen LogP) is 5.24. The number of benzene rings is 2. The molecule has 1 N–H and O–H groups in total. The first-order valence-corrected chi connectivity index (χ1v) is 13.7. The van der Waals surface area contributed by atoms with Crippen LogP contribution in [-0.2, 0) is 32.7 Å². The maximum absolute atomic E-state index is 13.3. The van der Waals surface area contributed by atoms with Gasteiger partial charge in [-0.3, -0.25) is 4.79 Å². The zero-order valence-corrected chi connectivity index (χ0v) is 21.7. The van der Waals surface area contributed by atoms with Gasteiger partial charge in [0.1, 0.15) is 6.61 Å². The molecule has 1 aliphatic rings. The molecule has 0 saturated heterocycles. The van der Waals surface area contributed by atoms with Gasteiger partial charge in [-0.15, -0.1) is 0 Å². The van der Waals surface area contributed by atoms with Gasteiger partial charge in [0.05, 0.1) is 12.5 Å². The monoisotopic (exact) mass is 543 g/mol. The van der Waals surface area contributed by atoms with Crippen LogP contribution in [0.15, 0.2) is 42.5 Å². The lowest BCUT2D eigenvalue weighted by Crippen LogP contribution is -2.43. The van der Waals surface area contributed by atoms with E-state index in [1.54, 1.807) is 36.4 Å². The molecular formula is C26H32F3NO6S. The summed E-state index contributed by atoms with van der Waals surface area (Å²) in [4.78, 5) is 13.1. The molecule has 11 heteroatoms. The molecule has 1 aliphatic carbocycles. The molecule has 7 nitrogen and oxygen atoms in total. The SMILES string of the molecule is CCCCOC(=O)C1c2ccc(OCc3ccccc3)c(OS(=O)(=O)C(F)(F)F)c2CCC1NCCC. The molecule has 3 rings (SSSR count). The second-order valence-corrected chi connectivity index (χ2v) is 10.4. The first-order valence-electron chi connectivity index (χ1n) is 12.3. The molecule has 2 unspecified atom stereocenters. The number of unbranched alkanes of at least 4 members (excludes halogenated alkanes) is 1. The maximum Gasteiger partial charge on any atom is 0.534 e. The van der Waals surface area contributed by atoms with E-state index in [-0.39, 0.29) is 37.0 Å². The zero-order chi connectivity index (χ0) is 27.1. The minimum absolute atomic E-state index is 0.0226. The van der Waals surface area contributed by atoms with E-state index in [9.17, 15) is 26.4 Å². The third-order valence-corrected chi connectivity index (χ3v) is 7.02. The highest BCUT2D eigenvalue weighted by molar-refractivity contribution is 7.88. The third kappa shape index (κ3) is 7.16. The number of hydrogen-bond acceptors (Lipinski definition) is 7. The first-order chi connectivity index (χ1) is 17.6. The lowest BCUT2D eigenvalue weighted by molar-refractivity contribution is -0.146. The molecule has 0 aliphatic heterocycles. The van der Waals surface area contributed by atoms with Crippen molar-refractivity contribution in [2.45, 2.75) is 70.0 Å². The van der Waals surface area contributed by atoms with Gasteiger partial charge in [-0.25, -0.2) is 0 Å². The number of halogens is 3. The van der Waals surface area contributed by atoms with Crippen molar-refractivity contribution in [3.8, 4) is 11.5 Å². The van der Waals surface area contributed by atoms with Crippen LogP contribution in [0.25, 0.3) is 0 Å². The molecule has 0 spiro atoms. The van der Waals surface area contributed by atoms with Crippen molar-refractivity contribution in [3.05, 3.63) is 59.2 Å². The van der Waals surface area contributed by atoms with Crippen molar-refractivity contribution in [2.24, 2.45) is 0 Å². The Hall–Kier alpha value is -2.79. The van der Waals surface area contributed by atoms with E-state index in [2.05, 4.69) is 9.50 Å². The van der Waals surface area contributed by atoms with Gasteiger partial charge in [-0.2, -0.15) is 21.6 Å². The number of ether oxygens (including phenoxy) is 2. The number of carbonyl (C=O) groups excluding carboxylic acids is 1. The lowest BCUT2D eigenvalue weighted by atomic mass is 9.78. The smallest absolute Gasteiger partial charge is 0.485 e. The van der Waals surface area contributed by atoms with Crippen LogP contribution in [0.3, 0.4) is 0 Å². The van der Waals surface area contributed by atoms with E-state index in [4.69, 9.17) is 9.47 Å². The molecule has 204 valence electrons. The van der Waals surface area contributed by atoms with Crippen LogP contribution in [0.1, 0.15) is 62.1 Å². The maximum atomic E-state index is 13.3. The molecule has 2 aromatic rings. The minimum atomic E-state index is -5.98.